The van der Waals surface area contributed by atoms with Crippen LogP contribution in [0.25, 0.3) is 11.3 Å². The number of aromatic nitrogens is 1. The van der Waals surface area contributed by atoms with Gasteiger partial charge in [-0.15, -0.1) is 12.4 Å². The van der Waals surface area contributed by atoms with Gasteiger partial charge in [0.25, 0.3) is 0 Å². The molecule has 0 spiro atoms. The van der Waals surface area contributed by atoms with Crippen molar-refractivity contribution in [2.24, 2.45) is 5.92 Å². The lowest BCUT2D eigenvalue weighted by Gasteiger charge is -2.23. The van der Waals surface area contributed by atoms with Crippen LogP contribution in [0.5, 0.6) is 0 Å². The highest BCUT2D eigenvalue weighted by molar-refractivity contribution is 5.95. The number of hydrogen-bond donors (Lipinski definition) is 2. The molecule has 3 rings (SSSR count). The fraction of sp³-hybridized carbons (Fsp3) is 0.474. The summed E-state index contributed by atoms with van der Waals surface area (Å²) >= 11 is 0. The van der Waals surface area contributed by atoms with Crippen molar-refractivity contribution in [1.82, 2.24) is 10.5 Å². The lowest BCUT2D eigenvalue weighted by atomic mass is 9.89. The topological polar surface area (TPSA) is 75.4 Å². The Hall–Kier alpha value is -1.92. The molecule has 1 aromatic carbocycles. The normalized spacial score (nSPS) is 16.1. The number of rotatable bonds is 6. The third-order valence-corrected chi connectivity index (χ3v) is 4.88. The summed E-state index contributed by atoms with van der Waals surface area (Å²) in [5, 5.41) is 16.9. The van der Waals surface area contributed by atoms with Crippen LogP contribution in [0.15, 0.2) is 28.8 Å². The summed E-state index contributed by atoms with van der Waals surface area (Å²) < 4.78 is 18.5. The molecule has 1 saturated carbocycles. The van der Waals surface area contributed by atoms with Gasteiger partial charge in [-0.25, -0.2) is 9.18 Å². The van der Waals surface area contributed by atoms with Crippen LogP contribution in [0.2, 0.25) is 0 Å². The van der Waals surface area contributed by atoms with Crippen LogP contribution in [0.1, 0.15) is 61.2 Å². The fourth-order valence-corrected chi connectivity index (χ4v) is 3.44. The van der Waals surface area contributed by atoms with Crippen LogP contribution in [-0.2, 0) is 0 Å². The second-order valence-corrected chi connectivity index (χ2v) is 6.72. The Morgan fingerprint density at radius 3 is 2.58 bits per heavy atom. The van der Waals surface area contributed by atoms with Gasteiger partial charge in [-0.3, -0.25) is 0 Å². The summed E-state index contributed by atoms with van der Waals surface area (Å²) in [6.07, 6.45) is 6.25. The van der Waals surface area contributed by atoms with Gasteiger partial charge in [0.2, 0.25) is 0 Å². The first-order chi connectivity index (χ1) is 12.1. The SMILES string of the molecule is C[C@@H](NCC1CCCCC1)c1onc(-c2ccc(F)cc2)c1C(=O)O.Cl. The molecule has 1 fully saturated rings. The van der Waals surface area contributed by atoms with E-state index in [2.05, 4.69) is 10.5 Å². The van der Waals surface area contributed by atoms with Gasteiger partial charge in [-0.05, 0) is 56.5 Å². The molecule has 26 heavy (non-hydrogen) atoms. The molecule has 7 heteroatoms. The average molecular weight is 383 g/mol. The van der Waals surface area contributed by atoms with Crippen molar-refractivity contribution < 1.29 is 18.8 Å². The Morgan fingerprint density at radius 1 is 1.31 bits per heavy atom. The highest BCUT2D eigenvalue weighted by Crippen LogP contribution is 2.30. The first kappa shape index (κ1) is 20.4. The second kappa shape index (κ2) is 9.14. The molecule has 2 aromatic rings. The van der Waals surface area contributed by atoms with Gasteiger partial charge in [0, 0.05) is 5.56 Å². The first-order valence-electron chi connectivity index (χ1n) is 8.78. The van der Waals surface area contributed by atoms with Crippen molar-refractivity contribution in [1.29, 1.82) is 0 Å². The maximum absolute atomic E-state index is 13.1. The van der Waals surface area contributed by atoms with Gasteiger partial charge in [0.15, 0.2) is 5.76 Å². The van der Waals surface area contributed by atoms with E-state index in [1.165, 1.54) is 56.4 Å². The zero-order chi connectivity index (χ0) is 17.8. The molecule has 1 heterocycles. The van der Waals surface area contributed by atoms with Crippen molar-refractivity contribution in [3.8, 4) is 11.3 Å². The van der Waals surface area contributed by atoms with E-state index in [9.17, 15) is 14.3 Å². The predicted octanol–water partition coefficient (Wildman–Crippen LogP) is 4.83. The molecular formula is C19H24ClFN2O3. The van der Waals surface area contributed by atoms with E-state index >= 15 is 0 Å². The van der Waals surface area contributed by atoms with Crippen LogP contribution in [0.4, 0.5) is 4.39 Å². The molecule has 2 N–H and O–H groups in total. The molecule has 0 bridgehead atoms. The van der Waals surface area contributed by atoms with Gasteiger partial charge in [-0.2, -0.15) is 0 Å². The lowest BCUT2D eigenvalue weighted by molar-refractivity contribution is 0.0694. The van der Waals surface area contributed by atoms with E-state index in [4.69, 9.17) is 4.52 Å². The van der Waals surface area contributed by atoms with E-state index in [-0.39, 0.29) is 35.5 Å². The largest absolute Gasteiger partial charge is 0.477 e. The van der Waals surface area contributed by atoms with Crippen molar-refractivity contribution in [3.05, 3.63) is 41.4 Å². The summed E-state index contributed by atoms with van der Waals surface area (Å²) in [5.74, 6) is -0.541. The third kappa shape index (κ3) is 4.62. The number of carboxylic acids is 1. The van der Waals surface area contributed by atoms with Crippen molar-refractivity contribution >= 4 is 18.4 Å². The number of nitrogens with zero attached hydrogens (tertiary/aromatic N) is 1. The zero-order valence-corrected chi connectivity index (χ0v) is 15.5. The maximum Gasteiger partial charge on any atom is 0.341 e. The summed E-state index contributed by atoms with van der Waals surface area (Å²) in [6.45, 7) is 2.72. The van der Waals surface area contributed by atoms with Crippen molar-refractivity contribution in [3.63, 3.8) is 0 Å². The molecule has 5 nitrogen and oxygen atoms in total. The summed E-state index contributed by atoms with van der Waals surface area (Å²) in [5.41, 5.74) is 0.789. The molecule has 1 atom stereocenters. The Balaban J connectivity index is 0.00000243. The van der Waals surface area contributed by atoms with Gasteiger partial charge in [0.1, 0.15) is 17.1 Å². The number of aromatic carboxylic acids is 1. The predicted molar refractivity (Wildman–Crippen MR) is 99.1 cm³/mol. The van der Waals surface area contributed by atoms with E-state index in [1.54, 1.807) is 0 Å². The van der Waals surface area contributed by atoms with Crippen LogP contribution < -0.4 is 5.32 Å². The molecule has 0 unspecified atom stereocenters. The Bertz CT molecular complexity index is 727. The third-order valence-electron chi connectivity index (χ3n) is 4.88. The summed E-state index contributed by atoms with van der Waals surface area (Å²) in [7, 11) is 0. The van der Waals surface area contributed by atoms with E-state index in [1.807, 2.05) is 6.92 Å². The molecule has 0 saturated heterocycles. The summed E-state index contributed by atoms with van der Waals surface area (Å²) in [4.78, 5) is 11.8. The van der Waals surface area contributed by atoms with E-state index in [0.29, 0.717) is 17.2 Å². The van der Waals surface area contributed by atoms with Crippen LogP contribution in [0.3, 0.4) is 0 Å². The van der Waals surface area contributed by atoms with E-state index in [0.717, 1.165) is 6.54 Å². The van der Waals surface area contributed by atoms with Gasteiger partial charge in [-0.1, -0.05) is 24.4 Å². The van der Waals surface area contributed by atoms with Crippen molar-refractivity contribution in [2.75, 3.05) is 6.54 Å². The maximum atomic E-state index is 13.1. The minimum atomic E-state index is -1.10. The molecule has 142 valence electrons. The van der Waals surface area contributed by atoms with Crippen LogP contribution in [-0.4, -0.2) is 22.8 Å². The van der Waals surface area contributed by atoms with Crippen molar-refractivity contribution in [2.45, 2.75) is 45.1 Å². The smallest absolute Gasteiger partial charge is 0.341 e. The minimum absolute atomic E-state index is 0. The molecule has 1 aromatic heterocycles. The average Bonchev–Trinajstić information content (AvgIpc) is 3.06. The number of carbonyl (C=O) groups is 1. The summed E-state index contributed by atoms with van der Waals surface area (Å²) in [6, 6.07) is 5.31. The van der Waals surface area contributed by atoms with Gasteiger partial charge >= 0.3 is 5.97 Å². The number of nitrogens with one attached hydrogen (secondary N) is 1. The van der Waals surface area contributed by atoms with Gasteiger partial charge in [0.05, 0.1) is 6.04 Å². The Morgan fingerprint density at radius 2 is 1.96 bits per heavy atom. The Kier molecular flexibility index (Phi) is 7.17. The number of hydrogen-bond acceptors (Lipinski definition) is 4. The standard InChI is InChI=1S/C19H23FN2O3.ClH/c1-12(21-11-13-5-3-2-4-6-13)18-16(19(23)24)17(22-25-18)14-7-9-15(20)10-8-14;/h7-10,12-13,21H,2-6,11H2,1H3,(H,23,24);1H/t12-;/m1./s1. The Labute approximate surface area is 158 Å². The number of halogens is 2. The highest BCUT2D eigenvalue weighted by Gasteiger charge is 2.27. The first-order valence-corrected chi connectivity index (χ1v) is 8.78. The fourth-order valence-electron chi connectivity index (χ4n) is 3.44. The number of carboxylic acid groups (broad SMARTS) is 1. The minimum Gasteiger partial charge on any atom is -0.477 e. The van der Waals surface area contributed by atoms with Crippen LogP contribution in [0, 0.1) is 11.7 Å². The highest BCUT2D eigenvalue weighted by atomic mass is 35.5. The molecule has 1 aliphatic rings. The van der Waals surface area contributed by atoms with Crippen LogP contribution >= 0.6 is 12.4 Å². The lowest BCUT2D eigenvalue weighted by Crippen LogP contribution is -2.27. The quantitative estimate of drug-likeness (QED) is 0.748. The molecular weight excluding hydrogens is 359 g/mol. The molecule has 1 aliphatic carbocycles. The number of benzene rings is 1. The van der Waals surface area contributed by atoms with E-state index < -0.39 is 5.97 Å². The monoisotopic (exact) mass is 382 g/mol. The second-order valence-electron chi connectivity index (χ2n) is 6.72. The van der Waals surface area contributed by atoms with Gasteiger partial charge < -0.3 is 14.9 Å². The molecule has 0 aliphatic heterocycles. The molecule has 0 radical (unpaired) electrons. The zero-order valence-electron chi connectivity index (χ0n) is 14.7. The molecule has 0 amide bonds.